The summed E-state index contributed by atoms with van der Waals surface area (Å²) in [7, 11) is -3.97. The van der Waals surface area contributed by atoms with Gasteiger partial charge >= 0.3 is 0 Å². The second-order valence-corrected chi connectivity index (χ2v) is 7.47. The van der Waals surface area contributed by atoms with Crippen molar-refractivity contribution >= 4 is 50.4 Å². The van der Waals surface area contributed by atoms with Crippen LogP contribution >= 0.6 is 35.4 Å². The predicted octanol–water partition coefficient (Wildman–Crippen LogP) is 2.57. The Balaban J connectivity index is 2.51. The summed E-state index contributed by atoms with van der Waals surface area (Å²) in [4.78, 5) is -0.235. The molecule has 1 aromatic carbocycles. The molecule has 4 nitrogen and oxygen atoms in total. The highest BCUT2D eigenvalue weighted by Crippen LogP contribution is 2.34. The van der Waals surface area contributed by atoms with Crippen molar-refractivity contribution in [2.45, 2.75) is 23.8 Å². The summed E-state index contributed by atoms with van der Waals surface area (Å²) in [5, 5.41) is -0.757. The third-order valence-electron chi connectivity index (χ3n) is 3.12. The van der Waals surface area contributed by atoms with Gasteiger partial charge in [-0.05, 0) is 25.0 Å². The molecular weight excluding hydrogens is 346 g/mol. The van der Waals surface area contributed by atoms with Crippen molar-refractivity contribution in [3.8, 4) is 0 Å². The normalized spacial score (nSPS) is 20.2. The van der Waals surface area contributed by atoms with Crippen LogP contribution in [0.1, 0.15) is 12.8 Å². The lowest BCUT2D eigenvalue weighted by molar-refractivity contribution is 0.446. The average Bonchev–Trinajstić information content (AvgIpc) is 2.85. The maximum absolute atomic E-state index is 13.7. The van der Waals surface area contributed by atoms with E-state index in [1.807, 2.05) is 0 Å². The summed E-state index contributed by atoms with van der Waals surface area (Å²) in [5.41, 5.74) is 5.55. The number of rotatable bonds is 3. The van der Waals surface area contributed by atoms with Crippen LogP contribution < -0.4 is 5.73 Å². The highest BCUT2D eigenvalue weighted by Gasteiger charge is 2.38. The molecule has 1 aliphatic rings. The molecule has 1 fully saturated rings. The van der Waals surface area contributed by atoms with Crippen molar-refractivity contribution in [1.82, 2.24) is 4.31 Å². The van der Waals surface area contributed by atoms with Gasteiger partial charge in [-0.1, -0.05) is 35.4 Å². The minimum absolute atomic E-state index is 0.0941. The SMILES string of the molecule is NC(=S)C1CCCN1S(=O)(=O)c1ccc(Cl)c(F)c1Cl. The molecule has 0 amide bonds. The number of nitrogens with zero attached hydrogens (tertiary/aromatic N) is 1. The summed E-state index contributed by atoms with van der Waals surface area (Å²) in [6, 6.07) is 1.77. The van der Waals surface area contributed by atoms with Crippen LogP contribution in [0.2, 0.25) is 10.0 Å². The molecule has 1 heterocycles. The maximum Gasteiger partial charge on any atom is 0.245 e. The number of benzene rings is 1. The molecule has 1 aliphatic heterocycles. The van der Waals surface area contributed by atoms with E-state index in [-0.39, 0.29) is 21.5 Å². The molecule has 2 N–H and O–H groups in total. The number of hydrogen-bond donors (Lipinski definition) is 1. The molecule has 110 valence electrons. The zero-order valence-corrected chi connectivity index (χ0v) is 13.3. The van der Waals surface area contributed by atoms with Crippen LogP contribution in [0, 0.1) is 5.82 Å². The lowest BCUT2D eigenvalue weighted by atomic mass is 10.2. The summed E-state index contributed by atoms with van der Waals surface area (Å²) in [6.07, 6.45) is 1.18. The van der Waals surface area contributed by atoms with E-state index in [1.165, 1.54) is 6.07 Å². The largest absolute Gasteiger partial charge is 0.392 e. The summed E-state index contributed by atoms with van der Waals surface area (Å²) in [5.74, 6) is -0.958. The van der Waals surface area contributed by atoms with Gasteiger partial charge in [-0.3, -0.25) is 0 Å². The first-order valence-corrected chi connectivity index (χ1v) is 8.32. The molecule has 0 spiro atoms. The Morgan fingerprint density at radius 2 is 2.10 bits per heavy atom. The third-order valence-corrected chi connectivity index (χ3v) is 6.11. The minimum atomic E-state index is -3.97. The standard InChI is InChI=1S/C11H11Cl2FN2O2S2/c12-6-3-4-8(9(13)10(6)14)20(17,18)16-5-1-2-7(16)11(15)19/h3-4,7H,1-2,5H2,(H2,15,19). The quantitative estimate of drug-likeness (QED) is 0.667. The molecule has 1 saturated heterocycles. The van der Waals surface area contributed by atoms with E-state index in [0.717, 1.165) is 10.4 Å². The van der Waals surface area contributed by atoms with Gasteiger partial charge < -0.3 is 5.73 Å². The minimum Gasteiger partial charge on any atom is -0.392 e. The molecule has 20 heavy (non-hydrogen) atoms. The zero-order chi connectivity index (χ0) is 15.1. The van der Waals surface area contributed by atoms with Crippen molar-refractivity contribution in [3.63, 3.8) is 0 Å². The van der Waals surface area contributed by atoms with E-state index in [1.54, 1.807) is 0 Å². The Morgan fingerprint density at radius 1 is 1.45 bits per heavy atom. The van der Waals surface area contributed by atoms with Crippen LogP contribution in [0.4, 0.5) is 4.39 Å². The number of halogens is 3. The number of thiocarbonyl (C=S) groups is 1. The first kappa shape index (κ1) is 15.9. The van der Waals surface area contributed by atoms with Crippen LogP contribution in [-0.4, -0.2) is 30.3 Å². The van der Waals surface area contributed by atoms with Crippen molar-refractivity contribution in [1.29, 1.82) is 0 Å². The van der Waals surface area contributed by atoms with Crippen molar-refractivity contribution in [2.24, 2.45) is 5.73 Å². The Morgan fingerprint density at radius 3 is 2.70 bits per heavy atom. The monoisotopic (exact) mass is 356 g/mol. The average molecular weight is 357 g/mol. The molecule has 0 aliphatic carbocycles. The van der Waals surface area contributed by atoms with Gasteiger partial charge in [0.15, 0.2) is 5.82 Å². The molecule has 0 bridgehead atoms. The molecule has 1 atom stereocenters. The maximum atomic E-state index is 13.7. The molecule has 9 heteroatoms. The topological polar surface area (TPSA) is 63.4 Å². The highest BCUT2D eigenvalue weighted by atomic mass is 35.5. The molecule has 0 aromatic heterocycles. The molecular formula is C11H11Cl2FN2O2S2. The van der Waals surface area contributed by atoms with Gasteiger partial charge in [-0.2, -0.15) is 4.31 Å². The van der Waals surface area contributed by atoms with Gasteiger partial charge in [0.1, 0.15) is 4.90 Å². The van der Waals surface area contributed by atoms with E-state index in [0.29, 0.717) is 12.8 Å². The first-order valence-electron chi connectivity index (χ1n) is 5.71. The van der Waals surface area contributed by atoms with Gasteiger partial charge in [0.25, 0.3) is 0 Å². The summed E-state index contributed by atoms with van der Waals surface area (Å²) in [6.45, 7) is 0.269. The third kappa shape index (κ3) is 2.65. The Labute approximate surface area is 131 Å². The van der Waals surface area contributed by atoms with Crippen LogP contribution in [0.15, 0.2) is 17.0 Å². The van der Waals surface area contributed by atoms with Gasteiger partial charge in [-0.15, -0.1) is 0 Å². The second-order valence-electron chi connectivity index (χ2n) is 4.35. The van der Waals surface area contributed by atoms with E-state index in [2.05, 4.69) is 0 Å². The number of sulfonamides is 1. The van der Waals surface area contributed by atoms with Crippen LogP contribution in [0.3, 0.4) is 0 Å². The molecule has 0 radical (unpaired) electrons. The Kier molecular flexibility index (Phi) is 4.56. The van der Waals surface area contributed by atoms with Gasteiger partial charge in [0.05, 0.1) is 21.1 Å². The lowest BCUT2D eigenvalue weighted by Gasteiger charge is -2.23. The van der Waals surface area contributed by atoms with E-state index < -0.39 is 26.9 Å². The van der Waals surface area contributed by atoms with E-state index in [4.69, 9.17) is 41.2 Å². The zero-order valence-electron chi connectivity index (χ0n) is 10.1. The van der Waals surface area contributed by atoms with E-state index in [9.17, 15) is 12.8 Å². The molecule has 1 unspecified atom stereocenters. The predicted molar refractivity (Wildman–Crippen MR) is 80.1 cm³/mol. The first-order chi connectivity index (χ1) is 9.26. The fourth-order valence-corrected chi connectivity index (χ4v) is 4.85. The van der Waals surface area contributed by atoms with Gasteiger partial charge in [0, 0.05) is 6.54 Å². The fraction of sp³-hybridized carbons (Fsp3) is 0.364. The Bertz CT molecular complexity index is 667. The lowest BCUT2D eigenvalue weighted by Crippen LogP contribution is -2.42. The van der Waals surface area contributed by atoms with Crippen LogP contribution in [0.25, 0.3) is 0 Å². The van der Waals surface area contributed by atoms with E-state index >= 15 is 0 Å². The molecule has 1 aromatic rings. The van der Waals surface area contributed by atoms with Gasteiger partial charge in [-0.25, -0.2) is 12.8 Å². The van der Waals surface area contributed by atoms with Crippen molar-refractivity contribution in [2.75, 3.05) is 6.54 Å². The Hall–Kier alpha value is -0.470. The number of hydrogen-bond acceptors (Lipinski definition) is 3. The smallest absolute Gasteiger partial charge is 0.245 e. The highest BCUT2D eigenvalue weighted by molar-refractivity contribution is 7.89. The van der Waals surface area contributed by atoms with Crippen molar-refractivity contribution in [3.05, 3.63) is 28.0 Å². The number of nitrogens with two attached hydrogens (primary N) is 1. The summed E-state index contributed by atoms with van der Waals surface area (Å²) >= 11 is 16.2. The second kappa shape index (κ2) is 5.73. The molecule has 2 rings (SSSR count). The van der Waals surface area contributed by atoms with Crippen LogP contribution in [0.5, 0.6) is 0 Å². The van der Waals surface area contributed by atoms with Gasteiger partial charge in [0.2, 0.25) is 10.0 Å². The summed E-state index contributed by atoms with van der Waals surface area (Å²) < 4.78 is 39.9. The molecule has 0 saturated carbocycles. The van der Waals surface area contributed by atoms with Crippen LogP contribution in [-0.2, 0) is 10.0 Å². The fourth-order valence-electron chi connectivity index (χ4n) is 2.15. The van der Waals surface area contributed by atoms with Crippen molar-refractivity contribution < 1.29 is 12.8 Å².